The van der Waals surface area contributed by atoms with Crippen LogP contribution in [0.3, 0.4) is 0 Å². The van der Waals surface area contributed by atoms with Gasteiger partial charge in [0.2, 0.25) is 15.7 Å². The first-order valence-electron chi connectivity index (χ1n) is 9.66. The number of aryl methyl sites for hydroxylation is 2. The Morgan fingerprint density at radius 1 is 1.30 bits per heavy atom. The lowest BCUT2D eigenvalue weighted by Gasteiger charge is -2.33. The number of nitrogens with one attached hydrogen (secondary N) is 1. The maximum absolute atomic E-state index is 12.7. The van der Waals surface area contributed by atoms with Crippen molar-refractivity contribution in [1.29, 1.82) is 0 Å². The highest BCUT2D eigenvalue weighted by molar-refractivity contribution is 7.89. The van der Waals surface area contributed by atoms with Gasteiger partial charge in [-0.25, -0.2) is 13.4 Å². The van der Waals surface area contributed by atoms with Crippen LogP contribution in [0.5, 0.6) is 0 Å². The van der Waals surface area contributed by atoms with Crippen molar-refractivity contribution in [2.75, 3.05) is 58.7 Å². The minimum atomic E-state index is -3.30. The van der Waals surface area contributed by atoms with Crippen molar-refractivity contribution in [3.63, 3.8) is 0 Å². The molecule has 0 saturated carbocycles. The van der Waals surface area contributed by atoms with Crippen LogP contribution < -0.4 is 10.9 Å². The molecule has 1 aliphatic rings. The first-order valence-corrected chi connectivity index (χ1v) is 11.3. The van der Waals surface area contributed by atoms with Crippen LogP contribution in [0, 0.1) is 6.92 Å². The van der Waals surface area contributed by atoms with Crippen LogP contribution >= 0.6 is 0 Å². The first-order chi connectivity index (χ1) is 14.2. The number of ether oxygens (including phenoxy) is 1. The van der Waals surface area contributed by atoms with Crippen molar-refractivity contribution in [2.24, 2.45) is 7.05 Å². The number of carbonyl (C=O) groups excluding carboxylic acids is 1. The lowest BCUT2D eigenvalue weighted by Crippen LogP contribution is -2.51. The molecule has 12 heteroatoms. The summed E-state index contributed by atoms with van der Waals surface area (Å²) in [5.74, 6) is -0.0726. The molecule has 2 aromatic heterocycles. The molecule has 0 bridgehead atoms. The fraction of sp³-hybridized carbons (Fsp3) is 0.611. The molecule has 0 atom stereocenters. The molecule has 0 spiro atoms. The lowest BCUT2D eigenvalue weighted by molar-refractivity contribution is 0.0945. The van der Waals surface area contributed by atoms with Gasteiger partial charge in [-0.1, -0.05) is 0 Å². The van der Waals surface area contributed by atoms with Crippen LogP contribution in [0.4, 0.5) is 0 Å². The zero-order valence-electron chi connectivity index (χ0n) is 17.4. The highest BCUT2D eigenvalue weighted by atomic mass is 32.2. The normalized spacial score (nSPS) is 16.2. The Morgan fingerprint density at radius 3 is 2.67 bits per heavy atom. The van der Waals surface area contributed by atoms with Gasteiger partial charge >= 0.3 is 0 Å². The van der Waals surface area contributed by atoms with Gasteiger partial charge in [-0.3, -0.25) is 14.5 Å². The largest absolute Gasteiger partial charge is 0.442 e. The Morgan fingerprint density at radius 2 is 2.00 bits per heavy atom. The van der Waals surface area contributed by atoms with E-state index in [4.69, 9.17) is 9.15 Å². The third kappa shape index (κ3) is 4.72. The van der Waals surface area contributed by atoms with Gasteiger partial charge in [0.25, 0.3) is 11.5 Å². The first kappa shape index (κ1) is 22.4. The molecule has 1 fully saturated rings. The molecule has 0 aliphatic carbocycles. The fourth-order valence-corrected chi connectivity index (χ4v) is 4.78. The topological polar surface area (TPSA) is 127 Å². The number of aromatic nitrogens is 2. The molecule has 1 saturated heterocycles. The summed E-state index contributed by atoms with van der Waals surface area (Å²) in [7, 11) is -0.262. The number of methoxy groups -OCH3 is 1. The molecule has 11 nitrogen and oxygen atoms in total. The standard InChI is InChI=1S/C18H27N5O6S/c1-13-14(15-17(29-13)20-12-21(2)18(15)25)16(24)19-4-5-22-6-8-23(9-7-22)30(26,27)11-10-28-3/h12H,4-11H2,1-3H3,(H,19,24). The molecule has 3 rings (SSSR count). The molecule has 2 aromatic rings. The summed E-state index contributed by atoms with van der Waals surface area (Å²) in [5.41, 5.74) is 0.00659. The molecule has 1 amide bonds. The quantitative estimate of drug-likeness (QED) is 0.562. The Balaban J connectivity index is 1.54. The Kier molecular flexibility index (Phi) is 6.91. The Bertz CT molecular complexity index is 1070. The van der Waals surface area contributed by atoms with Gasteiger partial charge < -0.3 is 19.0 Å². The van der Waals surface area contributed by atoms with Crippen LogP contribution in [-0.2, 0) is 21.8 Å². The second kappa shape index (κ2) is 9.25. The van der Waals surface area contributed by atoms with E-state index in [9.17, 15) is 18.0 Å². The Labute approximate surface area is 174 Å². The lowest BCUT2D eigenvalue weighted by atomic mass is 10.2. The van der Waals surface area contributed by atoms with E-state index in [1.165, 1.54) is 22.3 Å². The molecule has 0 radical (unpaired) electrons. The van der Waals surface area contributed by atoms with Crippen molar-refractivity contribution < 1.29 is 22.4 Å². The molecule has 0 aromatic carbocycles. The predicted molar refractivity (Wildman–Crippen MR) is 110 cm³/mol. The highest BCUT2D eigenvalue weighted by Crippen LogP contribution is 2.20. The summed E-state index contributed by atoms with van der Waals surface area (Å²) in [6, 6.07) is 0. The number of sulfonamides is 1. The summed E-state index contributed by atoms with van der Waals surface area (Å²) < 4.78 is 37.5. The van der Waals surface area contributed by atoms with Gasteiger partial charge in [-0.15, -0.1) is 0 Å². The van der Waals surface area contributed by atoms with E-state index < -0.39 is 15.9 Å². The number of fused-ring (bicyclic) bond motifs is 1. The van der Waals surface area contributed by atoms with Crippen LogP contribution in [-0.4, -0.2) is 91.8 Å². The smallest absolute Gasteiger partial charge is 0.265 e. The SMILES string of the molecule is COCCS(=O)(=O)N1CCN(CCNC(=O)c2c(C)oc3ncn(C)c(=O)c23)CC1. The minimum absolute atomic E-state index is 0.0219. The van der Waals surface area contributed by atoms with Crippen LogP contribution in [0.1, 0.15) is 16.1 Å². The van der Waals surface area contributed by atoms with E-state index in [0.717, 1.165) is 0 Å². The third-order valence-electron chi connectivity index (χ3n) is 5.16. The highest BCUT2D eigenvalue weighted by Gasteiger charge is 2.27. The van der Waals surface area contributed by atoms with Crippen LogP contribution in [0.15, 0.2) is 15.5 Å². The average Bonchev–Trinajstić information content (AvgIpc) is 3.06. The molecule has 1 N–H and O–H groups in total. The number of furan rings is 1. The van der Waals surface area contributed by atoms with Gasteiger partial charge in [0.15, 0.2) is 0 Å². The monoisotopic (exact) mass is 441 g/mol. The summed E-state index contributed by atoms with van der Waals surface area (Å²) in [6.45, 7) is 4.72. The van der Waals surface area contributed by atoms with Crippen molar-refractivity contribution >= 4 is 27.0 Å². The fourth-order valence-electron chi connectivity index (χ4n) is 3.43. The minimum Gasteiger partial charge on any atom is -0.442 e. The third-order valence-corrected chi connectivity index (χ3v) is 6.99. The number of nitrogens with zero attached hydrogens (tertiary/aromatic N) is 4. The average molecular weight is 442 g/mol. The van der Waals surface area contributed by atoms with E-state index in [1.54, 1.807) is 14.0 Å². The van der Waals surface area contributed by atoms with Crippen molar-refractivity contribution in [3.8, 4) is 0 Å². The van der Waals surface area contributed by atoms with Crippen molar-refractivity contribution in [1.82, 2.24) is 24.1 Å². The number of piperazine rings is 1. The van der Waals surface area contributed by atoms with Gasteiger partial charge in [0.1, 0.15) is 17.5 Å². The summed E-state index contributed by atoms with van der Waals surface area (Å²) in [5, 5.41) is 2.99. The zero-order chi connectivity index (χ0) is 21.9. The van der Waals surface area contributed by atoms with Crippen molar-refractivity contribution in [3.05, 3.63) is 28.0 Å². The molecule has 0 unspecified atom stereocenters. The van der Waals surface area contributed by atoms with E-state index in [2.05, 4.69) is 15.2 Å². The molecule has 1 aliphatic heterocycles. The number of amides is 1. The van der Waals surface area contributed by atoms with Gasteiger partial charge in [0.05, 0.1) is 17.9 Å². The predicted octanol–water partition coefficient (Wildman–Crippen LogP) is -0.841. The van der Waals surface area contributed by atoms with Gasteiger partial charge in [-0.2, -0.15) is 4.31 Å². The Hall–Kier alpha value is -2.28. The molecular formula is C18H27N5O6S. The van der Waals surface area contributed by atoms with Crippen LogP contribution in [0.25, 0.3) is 11.1 Å². The maximum atomic E-state index is 12.7. The van der Waals surface area contributed by atoms with E-state index >= 15 is 0 Å². The number of carbonyl (C=O) groups is 1. The molecule has 3 heterocycles. The second-order valence-electron chi connectivity index (χ2n) is 7.18. The molecule has 166 valence electrons. The van der Waals surface area contributed by atoms with E-state index in [0.29, 0.717) is 45.0 Å². The summed E-state index contributed by atoms with van der Waals surface area (Å²) in [6.07, 6.45) is 1.35. The number of rotatable bonds is 8. The zero-order valence-corrected chi connectivity index (χ0v) is 18.2. The molecule has 30 heavy (non-hydrogen) atoms. The van der Waals surface area contributed by atoms with Crippen LogP contribution in [0.2, 0.25) is 0 Å². The summed E-state index contributed by atoms with van der Waals surface area (Å²) >= 11 is 0. The summed E-state index contributed by atoms with van der Waals surface area (Å²) in [4.78, 5) is 31.2. The number of hydrogen-bond acceptors (Lipinski definition) is 8. The van der Waals surface area contributed by atoms with Gasteiger partial charge in [-0.05, 0) is 6.92 Å². The maximum Gasteiger partial charge on any atom is 0.265 e. The van der Waals surface area contributed by atoms with Crippen molar-refractivity contribution in [2.45, 2.75) is 6.92 Å². The molecular weight excluding hydrogens is 414 g/mol. The van der Waals surface area contributed by atoms with E-state index in [-0.39, 0.29) is 34.6 Å². The van der Waals surface area contributed by atoms with E-state index in [1.807, 2.05) is 0 Å². The van der Waals surface area contributed by atoms with Gasteiger partial charge in [0, 0.05) is 53.4 Å². The second-order valence-corrected chi connectivity index (χ2v) is 9.27. The number of hydrogen-bond donors (Lipinski definition) is 1.